The molecule has 1 aromatic heterocycles. The van der Waals surface area contributed by atoms with Gasteiger partial charge in [0.25, 0.3) is 5.56 Å². The Balaban J connectivity index is 1.38. The maximum atomic E-state index is 12.3. The molecule has 154 valence electrons. The van der Waals surface area contributed by atoms with E-state index in [4.69, 9.17) is 14.2 Å². The van der Waals surface area contributed by atoms with Crippen LogP contribution < -0.4 is 25.1 Å². The Kier molecular flexibility index (Phi) is 5.65. The summed E-state index contributed by atoms with van der Waals surface area (Å²) in [6.07, 6.45) is 0.676. The van der Waals surface area contributed by atoms with Crippen molar-refractivity contribution in [1.82, 2.24) is 15.1 Å². The highest BCUT2D eigenvalue weighted by molar-refractivity contribution is 5.75. The summed E-state index contributed by atoms with van der Waals surface area (Å²) in [4.78, 5) is 24.4. The van der Waals surface area contributed by atoms with Gasteiger partial charge in [0.2, 0.25) is 12.7 Å². The number of amides is 1. The van der Waals surface area contributed by atoms with Crippen LogP contribution in [0.3, 0.4) is 0 Å². The van der Waals surface area contributed by atoms with E-state index in [9.17, 15) is 9.59 Å². The van der Waals surface area contributed by atoms with Crippen LogP contribution in [0.2, 0.25) is 0 Å². The van der Waals surface area contributed by atoms with Crippen molar-refractivity contribution in [2.45, 2.75) is 13.0 Å². The molecule has 1 N–H and O–H groups in total. The van der Waals surface area contributed by atoms with Crippen LogP contribution in [0.4, 0.5) is 0 Å². The summed E-state index contributed by atoms with van der Waals surface area (Å²) in [6, 6.07) is 16.1. The van der Waals surface area contributed by atoms with Crippen LogP contribution in [-0.4, -0.2) is 36.1 Å². The zero-order valence-corrected chi connectivity index (χ0v) is 16.5. The molecule has 0 atom stereocenters. The summed E-state index contributed by atoms with van der Waals surface area (Å²) >= 11 is 0. The lowest BCUT2D eigenvalue weighted by molar-refractivity contribution is -0.121. The van der Waals surface area contributed by atoms with Crippen LogP contribution in [0.15, 0.2) is 59.4 Å². The molecule has 30 heavy (non-hydrogen) atoms. The number of benzene rings is 2. The molecule has 0 unspecified atom stereocenters. The average Bonchev–Trinajstić information content (AvgIpc) is 3.24. The number of aromatic nitrogens is 2. The van der Waals surface area contributed by atoms with E-state index in [1.54, 1.807) is 25.3 Å². The Labute approximate surface area is 173 Å². The summed E-state index contributed by atoms with van der Waals surface area (Å²) in [6.45, 7) is 0.490. The van der Waals surface area contributed by atoms with Crippen LogP contribution >= 0.6 is 0 Å². The molecule has 0 spiro atoms. The minimum absolute atomic E-state index is 0.153. The number of methoxy groups -OCH3 is 1. The molecule has 1 aliphatic heterocycles. The third-order valence-electron chi connectivity index (χ3n) is 4.72. The molecule has 8 nitrogen and oxygen atoms in total. The van der Waals surface area contributed by atoms with E-state index in [1.165, 1.54) is 6.07 Å². The monoisotopic (exact) mass is 407 g/mol. The molecule has 4 rings (SSSR count). The number of nitrogens with zero attached hydrogens (tertiary/aromatic N) is 2. The van der Waals surface area contributed by atoms with Gasteiger partial charge in [0.05, 0.1) is 12.8 Å². The molecule has 2 heterocycles. The van der Waals surface area contributed by atoms with Gasteiger partial charge in [-0.25, -0.2) is 4.68 Å². The minimum Gasteiger partial charge on any atom is -0.497 e. The van der Waals surface area contributed by atoms with Gasteiger partial charge in [-0.15, -0.1) is 0 Å². The molecule has 2 aromatic carbocycles. The van der Waals surface area contributed by atoms with Crippen molar-refractivity contribution in [2.75, 3.05) is 20.4 Å². The summed E-state index contributed by atoms with van der Waals surface area (Å²) in [5, 5.41) is 7.15. The SMILES string of the molecule is COc1ccc(CCNC(=O)Cn2nc(-c3ccc4c(c3)OCO4)ccc2=O)cc1. The lowest BCUT2D eigenvalue weighted by Crippen LogP contribution is -2.34. The molecule has 8 heteroatoms. The maximum Gasteiger partial charge on any atom is 0.267 e. The second-order valence-electron chi connectivity index (χ2n) is 6.73. The first-order chi connectivity index (χ1) is 14.6. The standard InChI is InChI=1S/C22H21N3O5/c1-28-17-5-2-15(3-6-17)10-11-23-21(26)13-25-22(27)9-7-18(24-25)16-4-8-19-20(12-16)30-14-29-19/h2-9,12H,10-11,13-14H2,1H3,(H,23,26). The Morgan fingerprint density at radius 1 is 1.10 bits per heavy atom. The van der Waals surface area contributed by atoms with Gasteiger partial charge in [0.1, 0.15) is 12.3 Å². The zero-order chi connectivity index (χ0) is 20.9. The normalized spacial score (nSPS) is 11.9. The maximum absolute atomic E-state index is 12.3. The molecule has 0 saturated heterocycles. The first-order valence-electron chi connectivity index (χ1n) is 9.50. The number of ether oxygens (including phenoxy) is 3. The summed E-state index contributed by atoms with van der Waals surface area (Å²) in [5.41, 5.74) is 2.08. The van der Waals surface area contributed by atoms with E-state index in [0.29, 0.717) is 30.2 Å². The quantitative estimate of drug-likeness (QED) is 0.644. The largest absolute Gasteiger partial charge is 0.497 e. The fraction of sp³-hybridized carbons (Fsp3) is 0.227. The van der Waals surface area contributed by atoms with Gasteiger partial charge in [0.15, 0.2) is 11.5 Å². The van der Waals surface area contributed by atoms with Gasteiger partial charge in [-0.05, 0) is 48.4 Å². The number of rotatable bonds is 7. The van der Waals surface area contributed by atoms with Gasteiger partial charge in [-0.3, -0.25) is 9.59 Å². The fourth-order valence-corrected chi connectivity index (χ4v) is 3.10. The highest BCUT2D eigenvalue weighted by atomic mass is 16.7. The molecule has 3 aromatic rings. The van der Waals surface area contributed by atoms with Gasteiger partial charge >= 0.3 is 0 Å². The van der Waals surface area contributed by atoms with Crippen molar-refractivity contribution >= 4 is 5.91 Å². The molecule has 0 aliphatic carbocycles. The minimum atomic E-state index is -0.343. The predicted octanol–water partition coefficient (Wildman–Crippen LogP) is 2.01. The van der Waals surface area contributed by atoms with E-state index >= 15 is 0 Å². The molecule has 0 saturated carbocycles. The van der Waals surface area contributed by atoms with Crippen LogP contribution in [-0.2, 0) is 17.8 Å². The number of nitrogens with one attached hydrogen (secondary N) is 1. The van der Waals surface area contributed by atoms with Gasteiger partial charge < -0.3 is 19.5 Å². The van der Waals surface area contributed by atoms with Crippen molar-refractivity contribution in [2.24, 2.45) is 0 Å². The summed E-state index contributed by atoms with van der Waals surface area (Å²) in [7, 11) is 1.62. The smallest absolute Gasteiger partial charge is 0.267 e. The summed E-state index contributed by atoms with van der Waals surface area (Å²) < 4.78 is 17.0. The fourth-order valence-electron chi connectivity index (χ4n) is 3.10. The van der Waals surface area contributed by atoms with Crippen LogP contribution in [0.5, 0.6) is 17.2 Å². The predicted molar refractivity (Wildman–Crippen MR) is 110 cm³/mol. The average molecular weight is 407 g/mol. The van der Waals surface area contributed by atoms with Gasteiger partial charge in [-0.2, -0.15) is 5.10 Å². The van der Waals surface area contributed by atoms with Crippen molar-refractivity contribution < 1.29 is 19.0 Å². The number of carbonyl (C=O) groups excluding carboxylic acids is 1. The molecule has 1 aliphatic rings. The molecule has 0 fully saturated rings. The van der Waals surface area contributed by atoms with Gasteiger partial charge in [-0.1, -0.05) is 12.1 Å². The molecular weight excluding hydrogens is 386 g/mol. The molecule has 0 radical (unpaired) electrons. The third kappa shape index (κ3) is 4.43. The highest BCUT2D eigenvalue weighted by Crippen LogP contribution is 2.35. The van der Waals surface area contributed by atoms with Crippen molar-refractivity contribution in [1.29, 1.82) is 0 Å². The van der Waals surface area contributed by atoms with E-state index in [0.717, 1.165) is 21.6 Å². The molecule has 0 bridgehead atoms. The number of carbonyl (C=O) groups is 1. The van der Waals surface area contributed by atoms with Crippen molar-refractivity contribution in [3.8, 4) is 28.5 Å². The van der Waals surface area contributed by atoms with Crippen LogP contribution in [0.1, 0.15) is 5.56 Å². The first-order valence-corrected chi connectivity index (χ1v) is 9.50. The van der Waals surface area contributed by atoms with Crippen LogP contribution in [0, 0.1) is 0 Å². The summed E-state index contributed by atoms with van der Waals surface area (Å²) in [5.74, 6) is 1.81. The van der Waals surface area contributed by atoms with Gasteiger partial charge in [0, 0.05) is 18.2 Å². The first kappa shape index (κ1) is 19.5. The number of hydrogen-bond donors (Lipinski definition) is 1. The number of hydrogen-bond acceptors (Lipinski definition) is 6. The van der Waals surface area contributed by atoms with E-state index in [1.807, 2.05) is 30.3 Å². The second kappa shape index (κ2) is 8.69. The van der Waals surface area contributed by atoms with E-state index in [2.05, 4.69) is 10.4 Å². The lowest BCUT2D eigenvalue weighted by atomic mass is 10.1. The topological polar surface area (TPSA) is 91.7 Å². The molecular formula is C22H21N3O5. The molecule has 1 amide bonds. The van der Waals surface area contributed by atoms with E-state index < -0.39 is 0 Å². The lowest BCUT2D eigenvalue weighted by Gasteiger charge is -2.09. The van der Waals surface area contributed by atoms with Crippen molar-refractivity contribution in [3.63, 3.8) is 0 Å². The zero-order valence-electron chi connectivity index (χ0n) is 16.5. The Morgan fingerprint density at radius 2 is 1.90 bits per heavy atom. The third-order valence-corrected chi connectivity index (χ3v) is 4.72. The van der Waals surface area contributed by atoms with Crippen LogP contribution in [0.25, 0.3) is 11.3 Å². The second-order valence-corrected chi connectivity index (χ2v) is 6.73. The number of fused-ring (bicyclic) bond motifs is 1. The Hall–Kier alpha value is -3.81. The van der Waals surface area contributed by atoms with E-state index in [-0.39, 0.29) is 24.8 Å². The Bertz CT molecular complexity index is 1110. The Morgan fingerprint density at radius 3 is 2.70 bits per heavy atom. The van der Waals surface area contributed by atoms with Crippen molar-refractivity contribution in [3.05, 3.63) is 70.5 Å². The highest BCUT2D eigenvalue weighted by Gasteiger charge is 2.15.